The number of piperidine rings is 1. The lowest BCUT2D eigenvalue weighted by molar-refractivity contribution is 0.125. The van der Waals surface area contributed by atoms with Crippen LogP contribution in [0.3, 0.4) is 0 Å². The number of likely N-dealkylation sites (tertiary alicyclic amines) is 1. The minimum Gasteiger partial charge on any atom is -0.356 e. The number of sulfonamides is 1. The van der Waals surface area contributed by atoms with Crippen LogP contribution in [0.15, 0.2) is 22.5 Å². The summed E-state index contributed by atoms with van der Waals surface area (Å²) < 4.78 is 24.6. The first kappa shape index (κ1) is 20.2. The summed E-state index contributed by atoms with van der Waals surface area (Å²) in [7, 11) is 0.769. The average Bonchev–Trinajstić information content (AvgIpc) is 3.07. The Kier molecular flexibility index (Phi) is 7.67. The Morgan fingerprint density at radius 1 is 1.40 bits per heavy atom. The lowest BCUT2D eigenvalue weighted by atomic mass is 9.88. The van der Waals surface area contributed by atoms with Crippen LogP contribution in [-0.4, -0.2) is 65.8 Å². The Morgan fingerprint density at radius 3 is 2.84 bits per heavy atom. The number of nitrogens with one attached hydrogen (secondary N) is 3. The third kappa shape index (κ3) is 6.58. The third-order valence-electron chi connectivity index (χ3n) is 4.38. The Morgan fingerprint density at radius 2 is 2.20 bits per heavy atom. The van der Waals surface area contributed by atoms with Crippen molar-refractivity contribution in [2.45, 2.75) is 18.9 Å². The minimum atomic E-state index is -3.15. The van der Waals surface area contributed by atoms with E-state index in [9.17, 15) is 8.42 Å². The normalized spacial score (nSPS) is 22.8. The second kappa shape index (κ2) is 9.51. The summed E-state index contributed by atoms with van der Waals surface area (Å²) in [5.41, 5.74) is 0. The van der Waals surface area contributed by atoms with E-state index in [2.05, 4.69) is 49.8 Å². The van der Waals surface area contributed by atoms with Crippen LogP contribution in [0.4, 0.5) is 0 Å². The molecule has 9 heteroatoms. The molecule has 1 aliphatic heterocycles. The molecule has 142 valence electrons. The van der Waals surface area contributed by atoms with E-state index in [4.69, 9.17) is 0 Å². The summed E-state index contributed by atoms with van der Waals surface area (Å²) in [6.07, 6.45) is 3.55. The zero-order chi connectivity index (χ0) is 18.3. The van der Waals surface area contributed by atoms with Crippen LogP contribution in [0.25, 0.3) is 0 Å². The maximum absolute atomic E-state index is 11.1. The molecule has 25 heavy (non-hydrogen) atoms. The Hall–Kier alpha value is -1.16. The fourth-order valence-corrected chi connectivity index (χ4v) is 4.70. The molecule has 1 aromatic rings. The van der Waals surface area contributed by atoms with Gasteiger partial charge in [0, 0.05) is 37.6 Å². The molecule has 0 bridgehead atoms. The van der Waals surface area contributed by atoms with Crippen LogP contribution in [0, 0.1) is 5.92 Å². The van der Waals surface area contributed by atoms with Gasteiger partial charge >= 0.3 is 0 Å². The molecule has 1 aromatic heterocycles. The van der Waals surface area contributed by atoms with Crippen molar-refractivity contribution in [3.63, 3.8) is 0 Å². The molecule has 2 heterocycles. The summed E-state index contributed by atoms with van der Waals surface area (Å²) in [6.45, 7) is 2.80. The van der Waals surface area contributed by atoms with Gasteiger partial charge in [0.15, 0.2) is 5.96 Å². The number of guanidine groups is 1. The number of aliphatic imine (C=N–C) groups is 1. The third-order valence-corrected chi connectivity index (χ3v) is 6.05. The van der Waals surface area contributed by atoms with Gasteiger partial charge in [-0.3, -0.25) is 9.89 Å². The van der Waals surface area contributed by atoms with Gasteiger partial charge in [-0.25, -0.2) is 13.1 Å². The van der Waals surface area contributed by atoms with Crippen molar-refractivity contribution in [3.05, 3.63) is 22.4 Å². The average molecular weight is 388 g/mol. The Bertz CT molecular complexity index is 645. The van der Waals surface area contributed by atoms with Gasteiger partial charge in [-0.2, -0.15) is 0 Å². The highest BCUT2D eigenvalue weighted by atomic mass is 32.2. The van der Waals surface area contributed by atoms with Crippen molar-refractivity contribution in [1.29, 1.82) is 0 Å². The van der Waals surface area contributed by atoms with Gasteiger partial charge in [-0.15, -0.1) is 11.3 Å². The molecule has 2 rings (SSSR count). The molecule has 1 aliphatic rings. The molecule has 3 N–H and O–H groups in total. The van der Waals surface area contributed by atoms with Crippen molar-refractivity contribution < 1.29 is 8.42 Å². The van der Waals surface area contributed by atoms with Crippen molar-refractivity contribution in [3.8, 4) is 0 Å². The summed E-state index contributed by atoms with van der Waals surface area (Å²) in [6, 6.07) is 4.77. The molecular weight excluding hydrogens is 358 g/mol. The smallest absolute Gasteiger partial charge is 0.208 e. The predicted octanol–water partition coefficient (Wildman–Crippen LogP) is 0.845. The number of hydrogen-bond donors (Lipinski definition) is 3. The molecule has 0 aliphatic carbocycles. The Balaban J connectivity index is 1.84. The first-order valence-electron chi connectivity index (χ1n) is 8.53. The van der Waals surface area contributed by atoms with E-state index in [1.807, 2.05) is 11.3 Å². The van der Waals surface area contributed by atoms with Gasteiger partial charge in [0.25, 0.3) is 0 Å². The number of rotatable bonds is 7. The highest BCUT2D eigenvalue weighted by Crippen LogP contribution is 2.36. The topological polar surface area (TPSA) is 85.8 Å². The van der Waals surface area contributed by atoms with Gasteiger partial charge in [0.1, 0.15) is 0 Å². The van der Waals surface area contributed by atoms with Crippen molar-refractivity contribution in [2.24, 2.45) is 10.9 Å². The van der Waals surface area contributed by atoms with Gasteiger partial charge in [-0.1, -0.05) is 6.07 Å². The van der Waals surface area contributed by atoms with E-state index in [0.717, 1.165) is 19.3 Å². The zero-order valence-corrected chi connectivity index (χ0v) is 16.8. The van der Waals surface area contributed by atoms with E-state index < -0.39 is 10.0 Å². The fourth-order valence-electron chi connectivity index (χ4n) is 3.25. The fraction of sp³-hybridized carbons (Fsp3) is 0.688. The zero-order valence-electron chi connectivity index (χ0n) is 15.2. The number of hydrogen-bond acceptors (Lipinski definition) is 5. The Labute approximate surface area is 155 Å². The highest BCUT2D eigenvalue weighted by molar-refractivity contribution is 7.88. The molecular formula is C16H29N5O2S2. The lowest BCUT2D eigenvalue weighted by Crippen LogP contribution is -2.46. The first-order chi connectivity index (χ1) is 11.9. The minimum absolute atomic E-state index is 0.337. The highest BCUT2D eigenvalue weighted by Gasteiger charge is 2.31. The van der Waals surface area contributed by atoms with E-state index in [1.165, 1.54) is 17.7 Å². The summed E-state index contributed by atoms with van der Waals surface area (Å²) in [5, 5.41) is 8.67. The van der Waals surface area contributed by atoms with Crippen LogP contribution in [0.1, 0.15) is 23.8 Å². The van der Waals surface area contributed by atoms with Crippen LogP contribution in [-0.2, 0) is 10.0 Å². The number of nitrogens with zero attached hydrogens (tertiary/aromatic N) is 2. The standard InChI is InChI=1S/C16H29N5O2S2/c1-17-16(18-8-9-20-25(3,22)23)19-12-13-6-4-10-21(2)15(13)14-7-5-11-24-14/h5,7,11,13,15,20H,4,6,8-10,12H2,1-3H3,(H2,17,18,19). The monoisotopic (exact) mass is 387 g/mol. The summed E-state index contributed by atoms with van der Waals surface area (Å²) in [4.78, 5) is 8.07. The van der Waals surface area contributed by atoms with Crippen molar-refractivity contribution in [2.75, 3.05) is 46.5 Å². The molecule has 2 atom stereocenters. The van der Waals surface area contributed by atoms with Crippen molar-refractivity contribution in [1.82, 2.24) is 20.3 Å². The van der Waals surface area contributed by atoms with E-state index >= 15 is 0 Å². The largest absolute Gasteiger partial charge is 0.356 e. The molecule has 2 unspecified atom stereocenters. The quantitative estimate of drug-likeness (QED) is 0.367. The van der Waals surface area contributed by atoms with Crippen LogP contribution in [0.5, 0.6) is 0 Å². The molecule has 0 saturated carbocycles. The van der Waals surface area contributed by atoms with Crippen LogP contribution >= 0.6 is 11.3 Å². The molecule has 0 spiro atoms. The van der Waals surface area contributed by atoms with Gasteiger partial charge in [0.05, 0.1) is 6.26 Å². The molecule has 0 radical (unpaired) electrons. The molecule has 1 fully saturated rings. The SMILES string of the molecule is CN=C(NCCNS(C)(=O)=O)NCC1CCCN(C)C1c1cccs1. The second-order valence-electron chi connectivity index (χ2n) is 6.39. The van der Waals surface area contributed by atoms with Gasteiger partial charge in [-0.05, 0) is 43.8 Å². The predicted molar refractivity (Wildman–Crippen MR) is 105 cm³/mol. The maximum atomic E-state index is 11.1. The summed E-state index contributed by atoms with van der Waals surface area (Å²) in [5.74, 6) is 1.22. The van der Waals surface area contributed by atoms with E-state index in [-0.39, 0.29) is 0 Å². The summed E-state index contributed by atoms with van der Waals surface area (Å²) >= 11 is 1.82. The van der Waals surface area contributed by atoms with Crippen LogP contribution in [0.2, 0.25) is 0 Å². The van der Waals surface area contributed by atoms with Crippen molar-refractivity contribution >= 4 is 27.3 Å². The first-order valence-corrected chi connectivity index (χ1v) is 11.3. The van der Waals surface area contributed by atoms with E-state index in [0.29, 0.717) is 31.0 Å². The second-order valence-corrected chi connectivity index (χ2v) is 9.20. The van der Waals surface area contributed by atoms with E-state index in [1.54, 1.807) is 7.05 Å². The molecule has 1 saturated heterocycles. The molecule has 0 amide bonds. The molecule has 7 nitrogen and oxygen atoms in total. The van der Waals surface area contributed by atoms with Gasteiger partial charge < -0.3 is 10.6 Å². The number of thiophene rings is 1. The van der Waals surface area contributed by atoms with Crippen LogP contribution < -0.4 is 15.4 Å². The molecule has 0 aromatic carbocycles. The lowest BCUT2D eigenvalue weighted by Gasteiger charge is -2.39. The maximum Gasteiger partial charge on any atom is 0.208 e. The van der Waals surface area contributed by atoms with Gasteiger partial charge in [0.2, 0.25) is 10.0 Å².